The summed E-state index contributed by atoms with van der Waals surface area (Å²) < 4.78 is 0. The summed E-state index contributed by atoms with van der Waals surface area (Å²) >= 11 is 1.26. The Bertz CT molecular complexity index is 1230. The molecule has 3 aromatic rings. The van der Waals surface area contributed by atoms with Gasteiger partial charge in [0.05, 0.1) is 16.8 Å². The van der Waals surface area contributed by atoms with E-state index in [1.165, 1.54) is 18.3 Å². The number of amides is 4. The fraction of sp³-hybridized carbons (Fsp3) is 0.240. The highest BCUT2D eigenvalue weighted by Gasteiger charge is 2.44. The number of carbonyl (C=O) groups excluding carboxylic acids is 4. The lowest BCUT2D eigenvalue weighted by Crippen LogP contribution is -2.50. The second kappa shape index (κ2) is 9.56. The Morgan fingerprint density at radius 3 is 2.18 bits per heavy atom. The van der Waals surface area contributed by atoms with Crippen LogP contribution in [0.4, 0.5) is 5.13 Å². The molecule has 4 rings (SSSR count). The third kappa shape index (κ3) is 4.60. The number of hydrogen-bond acceptors (Lipinski definition) is 6. The number of benzene rings is 2. The molecular formula is C25H24N4O4S. The molecule has 174 valence electrons. The second-order valence-electron chi connectivity index (χ2n) is 8.35. The van der Waals surface area contributed by atoms with Crippen molar-refractivity contribution in [2.45, 2.75) is 33.4 Å². The Labute approximate surface area is 201 Å². The van der Waals surface area contributed by atoms with Gasteiger partial charge in [0.25, 0.3) is 11.8 Å². The highest BCUT2D eigenvalue weighted by Crippen LogP contribution is 2.29. The number of nitrogens with zero attached hydrogens (tertiary/aromatic N) is 2. The van der Waals surface area contributed by atoms with Crippen molar-refractivity contribution in [3.05, 3.63) is 70.6 Å². The van der Waals surface area contributed by atoms with Gasteiger partial charge in [0.15, 0.2) is 5.13 Å². The van der Waals surface area contributed by atoms with Crippen LogP contribution in [-0.4, -0.2) is 39.6 Å². The molecule has 0 bridgehead atoms. The topological polar surface area (TPSA) is 108 Å². The molecule has 0 fully saturated rings. The van der Waals surface area contributed by atoms with E-state index in [4.69, 9.17) is 0 Å². The van der Waals surface area contributed by atoms with Crippen molar-refractivity contribution in [3.8, 4) is 11.3 Å². The molecule has 2 heterocycles. The monoisotopic (exact) mass is 476 g/mol. The molecule has 9 heteroatoms. The number of thiazole rings is 1. The zero-order valence-corrected chi connectivity index (χ0v) is 19.8. The van der Waals surface area contributed by atoms with Crippen molar-refractivity contribution < 1.29 is 19.2 Å². The van der Waals surface area contributed by atoms with Crippen molar-refractivity contribution in [2.75, 3.05) is 5.32 Å². The van der Waals surface area contributed by atoms with Crippen molar-refractivity contribution in [1.82, 2.24) is 15.2 Å². The van der Waals surface area contributed by atoms with E-state index in [-0.39, 0.29) is 11.8 Å². The zero-order valence-electron chi connectivity index (χ0n) is 19.0. The van der Waals surface area contributed by atoms with Crippen molar-refractivity contribution in [3.63, 3.8) is 0 Å². The normalized spacial score (nSPS) is 13.7. The van der Waals surface area contributed by atoms with Gasteiger partial charge in [-0.25, -0.2) is 4.98 Å². The summed E-state index contributed by atoms with van der Waals surface area (Å²) in [5, 5.41) is 7.73. The summed E-state index contributed by atoms with van der Waals surface area (Å²) in [6.45, 7) is 5.51. The number of hydrogen-bond donors (Lipinski definition) is 2. The number of anilines is 1. The summed E-state index contributed by atoms with van der Waals surface area (Å²) in [6, 6.07) is 13.2. The first-order chi connectivity index (χ1) is 16.3. The van der Waals surface area contributed by atoms with Crippen LogP contribution in [-0.2, 0) is 16.1 Å². The Balaban J connectivity index is 1.49. The fourth-order valence-electron chi connectivity index (χ4n) is 3.84. The molecule has 1 aliphatic heterocycles. The average molecular weight is 477 g/mol. The Kier molecular flexibility index (Phi) is 6.56. The Hall–Kier alpha value is -3.85. The minimum absolute atomic E-state index is 0.0927. The van der Waals surface area contributed by atoms with Gasteiger partial charge in [0.2, 0.25) is 11.8 Å². The van der Waals surface area contributed by atoms with Crippen LogP contribution >= 0.6 is 11.3 Å². The van der Waals surface area contributed by atoms with Crippen LogP contribution in [0.1, 0.15) is 47.1 Å². The van der Waals surface area contributed by atoms with E-state index in [0.29, 0.717) is 28.5 Å². The van der Waals surface area contributed by atoms with Gasteiger partial charge in [-0.05, 0) is 23.6 Å². The lowest BCUT2D eigenvalue weighted by molar-refractivity contribution is -0.121. The van der Waals surface area contributed by atoms with Crippen LogP contribution < -0.4 is 10.6 Å². The second-order valence-corrected chi connectivity index (χ2v) is 9.21. The molecule has 0 aliphatic carbocycles. The third-order valence-electron chi connectivity index (χ3n) is 5.53. The first-order valence-corrected chi connectivity index (χ1v) is 11.7. The number of rotatable bonds is 7. The minimum Gasteiger partial charge on any atom is -0.352 e. The van der Waals surface area contributed by atoms with Gasteiger partial charge in [0.1, 0.15) is 6.04 Å². The van der Waals surface area contributed by atoms with E-state index in [9.17, 15) is 19.2 Å². The number of aromatic nitrogens is 1. The number of fused-ring (bicyclic) bond motifs is 1. The molecular weight excluding hydrogens is 452 g/mol. The molecule has 8 nitrogen and oxygen atoms in total. The quantitative estimate of drug-likeness (QED) is 0.506. The van der Waals surface area contributed by atoms with Crippen LogP contribution in [0.5, 0.6) is 0 Å². The molecule has 1 unspecified atom stereocenters. The third-order valence-corrected chi connectivity index (χ3v) is 6.29. The smallest absolute Gasteiger partial charge is 0.262 e. The highest BCUT2D eigenvalue weighted by atomic mass is 32.1. The van der Waals surface area contributed by atoms with E-state index >= 15 is 0 Å². The van der Waals surface area contributed by atoms with Crippen LogP contribution in [0, 0.1) is 5.92 Å². The largest absolute Gasteiger partial charge is 0.352 e. The number of imide groups is 1. The zero-order chi connectivity index (χ0) is 24.4. The standard InChI is InChI=1S/C25H24N4O4S/c1-14(2)21(29-23(32)18-6-4-5-7-19(18)24(29)33)22(31)28-25-27-20(13-34-25)17-10-8-16(9-11-17)12-26-15(3)30/h4-11,13-14,21H,12H2,1-3H3,(H,26,30)(H,27,28,31). The van der Waals surface area contributed by atoms with Gasteiger partial charge in [-0.2, -0.15) is 0 Å². The van der Waals surface area contributed by atoms with Gasteiger partial charge >= 0.3 is 0 Å². The Morgan fingerprint density at radius 2 is 1.62 bits per heavy atom. The molecule has 0 saturated heterocycles. The van der Waals surface area contributed by atoms with E-state index in [2.05, 4.69) is 15.6 Å². The van der Waals surface area contributed by atoms with Crippen molar-refractivity contribution in [1.29, 1.82) is 0 Å². The van der Waals surface area contributed by atoms with Crippen LogP contribution in [0.25, 0.3) is 11.3 Å². The van der Waals surface area contributed by atoms with E-state index < -0.39 is 23.8 Å². The van der Waals surface area contributed by atoms with Gasteiger partial charge in [-0.1, -0.05) is 50.2 Å². The lowest BCUT2D eigenvalue weighted by atomic mass is 10.0. The summed E-state index contributed by atoms with van der Waals surface area (Å²) in [7, 11) is 0. The average Bonchev–Trinajstić information content (AvgIpc) is 3.37. The molecule has 2 N–H and O–H groups in total. The minimum atomic E-state index is -0.965. The molecule has 0 spiro atoms. The van der Waals surface area contributed by atoms with E-state index in [1.54, 1.807) is 38.1 Å². The van der Waals surface area contributed by atoms with E-state index in [0.717, 1.165) is 16.0 Å². The summed E-state index contributed by atoms with van der Waals surface area (Å²) in [6.07, 6.45) is 0. The maximum Gasteiger partial charge on any atom is 0.262 e. The predicted molar refractivity (Wildman–Crippen MR) is 129 cm³/mol. The maximum atomic E-state index is 13.2. The predicted octanol–water partition coefficient (Wildman–Crippen LogP) is 3.71. The van der Waals surface area contributed by atoms with Crippen molar-refractivity contribution >= 4 is 40.1 Å². The summed E-state index contributed by atoms with van der Waals surface area (Å²) in [5.41, 5.74) is 3.13. The highest BCUT2D eigenvalue weighted by molar-refractivity contribution is 7.14. The molecule has 4 amide bonds. The van der Waals surface area contributed by atoms with Gasteiger partial charge in [0, 0.05) is 24.4 Å². The van der Waals surface area contributed by atoms with Crippen LogP contribution in [0.3, 0.4) is 0 Å². The summed E-state index contributed by atoms with van der Waals surface area (Å²) in [4.78, 5) is 55.6. The maximum absolute atomic E-state index is 13.2. The van der Waals surface area contributed by atoms with Gasteiger partial charge in [-0.15, -0.1) is 11.3 Å². The van der Waals surface area contributed by atoms with Crippen molar-refractivity contribution in [2.24, 2.45) is 5.92 Å². The molecule has 0 radical (unpaired) electrons. The van der Waals surface area contributed by atoms with Gasteiger partial charge in [-0.3, -0.25) is 24.1 Å². The van der Waals surface area contributed by atoms with Crippen LogP contribution in [0.2, 0.25) is 0 Å². The first kappa shape index (κ1) is 23.3. The number of nitrogens with one attached hydrogen (secondary N) is 2. The summed E-state index contributed by atoms with van der Waals surface area (Å²) in [5.74, 6) is -1.78. The lowest BCUT2D eigenvalue weighted by Gasteiger charge is -2.27. The molecule has 2 aromatic carbocycles. The van der Waals surface area contributed by atoms with Crippen LogP contribution in [0.15, 0.2) is 53.9 Å². The molecule has 0 saturated carbocycles. The molecule has 34 heavy (non-hydrogen) atoms. The number of carbonyl (C=O) groups is 4. The molecule has 1 aromatic heterocycles. The SMILES string of the molecule is CC(=O)NCc1ccc(-c2csc(NC(=O)C(C(C)C)N3C(=O)c4ccccc4C3=O)n2)cc1. The molecule has 1 aliphatic rings. The Morgan fingerprint density at radius 1 is 1.00 bits per heavy atom. The van der Waals surface area contributed by atoms with Gasteiger partial charge < -0.3 is 10.6 Å². The fourth-order valence-corrected chi connectivity index (χ4v) is 4.56. The molecule has 1 atom stereocenters. The first-order valence-electron chi connectivity index (χ1n) is 10.8. The van der Waals surface area contributed by atoms with E-state index in [1.807, 2.05) is 29.6 Å².